The van der Waals surface area contributed by atoms with Gasteiger partial charge in [0, 0.05) is 19.3 Å². The third-order valence-corrected chi connectivity index (χ3v) is 5.86. The number of aldehydes is 1. The Bertz CT molecular complexity index is 1290. The summed E-state index contributed by atoms with van der Waals surface area (Å²) in [5, 5.41) is 0. The fourth-order valence-electron chi connectivity index (χ4n) is 3.90. The molecule has 42 heavy (non-hydrogen) atoms. The van der Waals surface area contributed by atoms with E-state index >= 15 is 0 Å². The molecule has 10 heteroatoms. The molecule has 0 aromatic heterocycles. The maximum absolute atomic E-state index is 13.5. The highest BCUT2D eigenvalue weighted by molar-refractivity contribution is 6.07. The van der Waals surface area contributed by atoms with Crippen molar-refractivity contribution in [3.8, 4) is 0 Å². The summed E-state index contributed by atoms with van der Waals surface area (Å²) >= 11 is 0. The Balaban J connectivity index is 2.60. The molecule has 0 aliphatic heterocycles. The maximum atomic E-state index is 13.5. The molecule has 0 aliphatic rings. The van der Waals surface area contributed by atoms with E-state index in [1.54, 1.807) is 58.6 Å². The van der Waals surface area contributed by atoms with Crippen molar-refractivity contribution in [2.24, 2.45) is 0 Å². The number of carbonyl (C=O) groups is 4. The third-order valence-electron chi connectivity index (χ3n) is 5.86. The molecule has 2 aromatic rings. The number of methoxy groups -OCH3 is 2. The van der Waals surface area contributed by atoms with Gasteiger partial charge in [0.1, 0.15) is 11.2 Å². The second-order valence-electron chi connectivity index (χ2n) is 11.6. The molecule has 0 saturated carbocycles. The van der Waals surface area contributed by atoms with Gasteiger partial charge in [-0.05, 0) is 71.2 Å². The molecular formula is C32H42N2O8. The Hall–Kier alpha value is -4.34. The molecule has 0 aliphatic carbocycles. The second kappa shape index (κ2) is 14.5. The lowest BCUT2D eigenvalue weighted by atomic mass is 10.1. The average molecular weight is 583 g/mol. The van der Waals surface area contributed by atoms with Gasteiger partial charge in [-0.1, -0.05) is 36.4 Å². The van der Waals surface area contributed by atoms with Crippen LogP contribution in [0.4, 0.5) is 10.5 Å². The van der Waals surface area contributed by atoms with Gasteiger partial charge in [-0.15, -0.1) is 0 Å². The van der Waals surface area contributed by atoms with E-state index in [0.717, 1.165) is 5.56 Å². The first-order valence-corrected chi connectivity index (χ1v) is 13.5. The van der Waals surface area contributed by atoms with Crippen LogP contribution in [0.3, 0.4) is 0 Å². The quantitative estimate of drug-likeness (QED) is 0.152. The minimum Gasteiger partial charge on any atom is -0.490 e. The van der Waals surface area contributed by atoms with Crippen molar-refractivity contribution in [2.75, 3.05) is 32.7 Å². The van der Waals surface area contributed by atoms with E-state index in [0.29, 0.717) is 30.5 Å². The summed E-state index contributed by atoms with van der Waals surface area (Å²) in [5.41, 5.74) is 0.592. The van der Waals surface area contributed by atoms with Gasteiger partial charge >= 0.3 is 12.1 Å². The van der Waals surface area contributed by atoms with Crippen molar-refractivity contribution in [3.05, 3.63) is 76.7 Å². The van der Waals surface area contributed by atoms with Gasteiger partial charge in [0.25, 0.3) is 5.91 Å². The van der Waals surface area contributed by atoms with Gasteiger partial charge in [-0.3, -0.25) is 9.59 Å². The minimum atomic E-state index is -0.744. The van der Waals surface area contributed by atoms with Gasteiger partial charge in [0.15, 0.2) is 6.29 Å². The van der Waals surface area contributed by atoms with Gasteiger partial charge in [-0.2, -0.15) is 0 Å². The number of allylic oxidation sites excluding steroid dienone is 1. The van der Waals surface area contributed by atoms with Crippen molar-refractivity contribution in [1.29, 1.82) is 0 Å². The molecular weight excluding hydrogens is 540 g/mol. The van der Waals surface area contributed by atoms with E-state index in [9.17, 15) is 19.2 Å². The fraction of sp³-hybridized carbons (Fsp3) is 0.438. The standard InChI is InChI=1S/C32H42N2O8/c1-31(2,3)41-29(37)23-15-16-24(25(19-23)33(7)28(36)27(40-9)26(21-35)39-8)20-34(30(38)42-32(4,5)6)18-17-22-13-11-10-12-14-22/h10-16,19,21H,17-18,20H2,1-9H3/b27-26+. The normalized spacial score (nSPS) is 12.0. The van der Waals surface area contributed by atoms with Crippen molar-refractivity contribution < 1.29 is 38.1 Å². The largest absolute Gasteiger partial charge is 0.490 e. The Morgan fingerprint density at radius 3 is 2.00 bits per heavy atom. The van der Waals surface area contributed by atoms with Crippen molar-refractivity contribution in [3.63, 3.8) is 0 Å². The lowest BCUT2D eigenvalue weighted by molar-refractivity contribution is -0.119. The van der Waals surface area contributed by atoms with E-state index < -0.39 is 29.2 Å². The zero-order valence-electron chi connectivity index (χ0n) is 26.0. The van der Waals surface area contributed by atoms with Crippen LogP contribution >= 0.6 is 0 Å². The summed E-state index contributed by atoms with van der Waals surface area (Å²) < 4.78 is 21.4. The summed E-state index contributed by atoms with van der Waals surface area (Å²) in [4.78, 5) is 54.0. The monoisotopic (exact) mass is 582 g/mol. The Morgan fingerprint density at radius 2 is 1.48 bits per heavy atom. The summed E-state index contributed by atoms with van der Waals surface area (Å²) in [6.07, 6.45) is 0.402. The van der Waals surface area contributed by atoms with E-state index in [1.165, 1.54) is 32.2 Å². The highest BCUT2D eigenvalue weighted by atomic mass is 16.6. The molecule has 0 radical (unpaired) electrons. The first-order valence-electron chi connectivity index (χ1n) is 13.5. The zero-order valence-corrected chi connectivity index (χ0v) is 26.0. The molecule has 2 rings (SSSR count). The summed E-state index contributed by atoms with van der Waals surface area (Å²) in [5.74, 6) is -1.90. The smallest absolute Gasteiger partial charge is 0.410 e. The van der Waals surface area contributed by atoms with Crippen molar-refractivity contribution >= 4 is 29.9 Å². The van der Waals surface area contributed by atoms with Crippen LogP contribution < -0.4 is 4.90 Å². The molecule has 0 unspecified atom stereocenters. The molecule has 0 N–H and O–H groups in total. The van der Waals surface area contributed by atoms with E-state index in [4.69, 9.17) is 18.9 Å². The molecule has 2 aromatic carbocycles. The minimum absolute atomic E-state index is 0.0557. The first kappa shape index (κ1) is 33.9. The van der Waals surface area contributed by atoms with Crippen LogP contribution in [0, 0.1) is 0 Å². The number of hydrogen-bond donors (Lipinski definition) is 0. The Labute approximate surface area is 248 Å². The third kappa shape index (κ3) is 9.94. The van der Waals surface area contributed by atoms with Gasteiger partial charge in [0.05, 0.1) is 26.3 Å². The molecule has 0 fully saturated rings. The van der Waals surface area contributed by atoms with Gasteiger partial charge in [-0.25, -0.2) is 9.59 Å². The summed E-state index contributed by atoms with van der Waals surface area (Å²) in [7, 11) is 3.96. The molecule has 0 atom stereocenters. The van der Waals surface area contributed by atoms with Crippen molar-refractivity contribution in [1.82, 2.24) is 4.90 Å². The Kier molecular flexibility index (Phi) is 11.7. The van der Waals surface area contributed by atoms with Crippen LogP contribution in [0.1, 0.15) is 63.0 Å². The van der Waals surface area contributed by atoms with Crippen LogP contribution in [-0.4, -0.2) is 68.2 Å². The van der Waals surface area contributed by atoms with Gasteiger partial charge < -0.3 is 28.7 Å². The predicted molar refractivity (Wildman–Crippen MR) is 159 cm³/mol. The number of anilines is 1. The Morgan fingerprint density at radius 1 is 0.857 bits per heavy atom. The highest BCUT2D eigenvalue weighted by Crippen LogP contribution is 2.27. The number of ether oxygens (including phenoxy) is 4. The van der Waals surface area contributed by atoms with Crippen LogP contribution in [0.2, 0.25) is 0 Å². The number of hydrogen-bond acceptors (Lipinski definition) is 8. The number of nitrogens with zero attached hydrogens (tertiary/aromatic N) is 2. The summed E-state index contributed by atoms with van der Waals surface area (Å²) in [6.45, 7) is 11.0. The molecule has 2 amide bonds. The molecule has 0 spiro atoms. The lowest BCUT2D eigenvalue weighted by Gasteiger charge is -2.29. The fourth-order valence-corrected chi connectivity index (χ4v) is 3.90. The number of rotatable bonds is 11. The molecule has 10 nitrogen and oxygen atoms in total. The number of amides is 2. The maximum Gasteiger partial charge on any atom is 0.410 e. The van der Waals surface area contributed by atoms with E-state index in [1.807, 2.05) is 30.3 Å². The number of esters is 1. The highest BCUT2D eigenvalue weighted by Gasteiger charge is 2.28. The predicted octanol–water partition coefficient (Wildman–Crippen LogP) is 5.29. The average Bonchev–Trinajstić information content (AvgIpc) is 2.91. The second-order valence-corrected chi connectivity index (χ2v) is 11.6. The first-order chi connectivity index (χ1) is 19.6. The van der Waals surface area contributed by atoms with Gasteiger partial charge in [0.2, 0.25) is 11.5 Å². The van der Waals surface area contributed by atoms with Crippen LogP contribution in [0.15, 0.2) is 60.0 Å². The van der Waals surface area contributed by atoms with Crippen LogP contribution in [0.25, 0.3) is 0 Å². The van der Waals surface area contributed by atoms with Crippen LogP contribution in [-0.2, 0) is 41.5 Å². The molecule has 0 bridgehead atoms. The summed E-state index contributed by atoms with van der Waals surface area (Å²) in [6, 6.07) is 14.5. The number of likely N-dealkylation sites (N-methyl/N-ethyl adjacent to an activating group) is 1. The molecule has 228 valence electrons. The zero-order chi connectivity index (χ0) is 31.7. The number of carbonyl (C=O) groups excluding carboxylic acids is 4. The van der Waals surface area contributed by atoms with Crippen LogP contribution in [0.5, 0.6) is 0 Å². The lowest BCUT2D eigenvalue weighted by Crippen LogP contribution is -2.38. The number of benzene rings is 2. The topological polar surface area (TPSA) is 112 Å². The SMILES string of the molecule is CO/C(C=O)=C(/OC)C(=O)N(C)c1cc(C(=O)OC(C)(C)C)ccc1CN(CCc1ccccc1)C(=O)OC(C)(C)C. The van der Waals surface area contributed by atoms with E-state index in [-0.39, 0.29) is 23.6 Å². The molecule has 0 heterocycles. The molecule has 0 saturated heterocycles. The van der Waals surface area contributed by atoms with E-state index in [2.05, 4.69) is 0 Å². The van der Waals surface area contributed by atoms with Crippen molar-refractivity contribution in [2.45, 2.75) is 65.7 Å².